The number of carbonyl (C=O) groups is 1. The molecule has 180 valence electrons. The molecule has 2 nitrogen and oxygen atoms in total. The monoisotopic (exact) mass is 424 g/mol. The lowest BCUT2D eigenvalue weighted by Crippen LogP contribution is -1.99. The minimum Gasteiger partial charge on any atom is -0.469 e. The second kappa shape index (κ2) is 26.5. The highest BCUT2D eigenvalue weighted by Crippen LogP contribution is 2.15. The van der Waals surface area contributed by atoms with Crippen molar-refractivity contribution in [3.05, 3.63) is 0 Å². The average Bonchev–Trinajstić information content (AvgIpc) is 2.76. The van der Waals surface area contributed by atoms with E-state index in [-0.39, 0.29) is 5.97 Å². The molecule has 0 saturated heterocycles. The van der Waals surface area contributed by atoms with E-state index in [2.05, 4.69) is 11.7 Å². The van der Waals surface area contributed by atoms with Gasteiger partial charge >= 0.3 is 5.97 Å². The molecule has 0 heterocycles. The third kappa shape index (κ3) is 25.5. The molecule has 0 amide bonds. The average molecular weight is 425 g/mol. The molecular formula is C28H56O2. The van der Waals surface area contributed by atoms with E-state index in [1.165, 1.54) is 155 Å². The molecule has 0 aromatic heterocycles. The van der Waals surface area contributed by atoms with Gasteiger partial charge in [-0.2, -0.15) is 0 Å². The summed E-state index contributed by atoms with van der Waals surface area (Å²) in [6, 6.07) is 0. The molecule has 0 aliphatic heterocycles. The fourth-order valence-electron chi connectivity index (χ4n) is 4.33. The maximum absolute atomic E-state index is 11.0. The van der Waals surface area contributed by atoms with Gasteiger partial charge in [0.1, 0.15) is 0 Å². The maximum atomic E-state index is 11.0. The van der Waals surface area contributed by atoms with Gasteiger partial charge in [0.25, 0.3) is 0 Å². The molecule has 0 unspecified atom stereocenters. The van der Waals surface area contributed by atoms with Crippen LogP contribution >= 0.6 is 0 Å². The van der Waals surface area contributed by atoms with Gasteiger partial charge in [0.05, 0.1) is 7.11 Å². The zero-order chi connectivity index (χ0) is 22.0. The van der Waals surface area contributed by atoms with Crippen molar-refractivity contribution in [1.29, 1.82) is 0 Å². The molecule has 0 rings (SSSR count). The maximum Gasteiger partial charge on any atom is 0.305 e. The Kier molecular flexibility index (Phi) is 26.0. The first kappa shape index (κ1) is 29.5. The van der Waals surface area contributed by atoms with Gasteiger partial charge < -0.3 is 4.74 Å². The summed E-state index contributed by atoms with van der Waals surface area (Å²) in [6.07, 6.45) is 34.3. The summed E-state index contributed by atoms with van der Waals surface area (Å²) < 4.78 is 4.66. The zero-order valence-corrected chi connectivity index (χ0v) is 21.0. The molecule has 0 atom stereocenters. The summed E-state index contributed by atoms with van der Waals surface area (Å²) in [6.45, 7) is 2.30. The Morgan fingerprint density at radius 1 is 0.433 bits per heavy atom. The summed E-state index contributed by atoms with van der Waals surface area (Å²) in [7, 11) is 1.47. The summed E-state index contributed by atoms with van der Waals surface area (Å²) in [4.78, 5) is 11.0. The van der Waals surface area contributed by atoms with Gasteiger partial charge in [-0.15, -0.1) is 0 Å². The van der Waals surface area contributed by atoms with E-state index in [4.69, 9.17) is 0 Å². The predicted molar refractivity (Wildman–Crippen MR) is 133 cm³/mol. The number of carbonyl (C=O) groups excluding carboxylic acids is 1. The standard InChI is InChI=1S/C28H56O2/c1-3-4-5-6-7-8-9-10-11-12-13-14-15-16-17-18-19-20-21-22-23-24-25-26-27-28(29)30-2/h3-27H2,1-2H3. The van der Waals surface area contributed by atoms with Crippen molar-refractivity contribution in [1.82, 2.24) is 0 Å². The van der Waals surface area contributed by atoms with E-state index < -0.39 is 0 Å². The number of hydrogen-bond donors (Lipinski definition) is 0. The molecular weight excluding hydrogens is 368 g/mol. The number of unbranched alkanes of at least 4 members (excludes halogenated alkanes) is 23. The summed E-state index contributed by atoms with van der Waals surface area (Å²) in [5.41, 5.74) is 0. The van der Waals surface area contributed by atoms with Crippen LogP contribution in [0.5, 0.6) is 0 Å². The van der Waals surface area contributed by atoms with Gasteiger partial charge in [-0.05, 0) is 6.42 Å². The molecule has 0 spiro atoms. The highest BCUT2D eigenvalue weighted by atomic mass is 16.5. The van der Waals surface area contributed by atoms with Crippen LogP contribution in [0, 0.1) is 0 Å². The number of rotatable bonds is 25. The molecule has 2 heteroatoms. The van der Waals surface area contributed by atoms with E-state index in [1.807, 2.05) is 0 Å². The number of esters is 1. The normalized spacial score (nSPS) is 11.1. The fraction of sp³-hybridized carbons (Fsp3) is 0.964. The van der Waals surface area contributed by atoms with Crippen molar-refractivity contribution in [3.8, 4) is 0 Å². The molecule has 0 fully saturated rings. The minimum atomic E-state index is -0.0613. The van der Waals surface area contributed by atoms with Crippen molar-refractivity contribution in [2.24, 2.45) is 0 Å². The van der Waals surface area contributed by atoms with Gasteiger partial charge in [-0.25, -0.2) is 0 Å². The summed E-state index contributed by atoms with van der Waals surface area (Å²) in [5.74, 6) is -0.0613. The Morgan fingerprint density at radius 3 is 0.900 bits per heavy atom. The van der Waals surface area contributed by atoms with E-state index in [9.17, 15) is 4.79 Å². The molecule has 0 bridgehead atoms. The predicted octanol–water partition coefficient (Wildman–Crippen LogP) is 9.93. The molecule has 0 N–H and O–H groups in total. The van der Waals surface area contributed by atoms with E-state index in [0.717, 1.165) is 6.42 Å². The van der Waals surface area contributed by atoms with E-state index in [1.54, 1.807) is 0 Å². The van der Waals surface area contributed by atoms with Gasteiger partial charge in [0.2, 0.25) is 0 Å². The van der Waals surface area contributed by atoms with Gasteiger partial charge in [-0.3, -0.25) is 4.79 Å². The van der Waals surface area contributed by atoms with Crippen LogP contribution in [0.4, 0.5) is 0 Å². The molecule has 0 aliphatic rings. The lowest BCUT2D eigenvalue weighted by molar-refractivity contribution is -0.140. The third-order valence-corrected chi connectivity index (χ3v) is 6.46. The van der Waals surface area contributed by atoms with E-state index >= 15 is 0 Å². The highest BCUT2D eigenvalue weighted by Gasteiger charge is 1.99. The van der Waals surface area contributed by atoms with Crippen LogP contribution in [0.2, 0.25) is 0 Å². The second-order valence-corrected chi connectivity index (χ2v) is 9.46. The molecule has 30 heavy (non-hydrogen) atoms. The Morgan fingerprint density at radius 2 is 0.667 bits per heavy atom. The number of methoxy groups -OCH3 is 1. The van der Waals surface area contributed by atoms with Crippen LogP contribution in [-0.2, 0) is 9.53 Å². The Bertz CT molecular complexity index is 327. The van der Waals surface area contributed by atoms with Crippen LogP contribution in [0.3, 0.4) is 0 Å². The fourth-order valence-corrected chi connectivity index (χ4v) is 4.33. The van der Waals surface area contributed by atoms with Crippen LogP contribution in [0.15, 0.2) is 0 Å². The third-order valence-electron chi connectivity index (χ3n) is 6.46. The number of ether oxygens (including phenoxy) is 1. The summed E-state index contributed by atoms with van der Waals surface area (Å²) in [5, 5.41) is 0. The van der Waals surface area contributed by atoms with Crippen LogP contribution in [-0.4, -0.2) is 13.1 Å². The molecule has 0 aliphatic carbocycles. The molecule has 0 radical (unpaired) electrons. The second-order valence-electron chi connectivity index (χ2n) is 9.46. The lowest BCUT2D eigenvalue weighted by Gasteiger charge is -2.04. The van der Waals surface area contributed by atoms with Gasteiger partial charge in [0.15, 0.2) is 0 Å². The molecule has 0 saturated carbocycles. The van der Waals surface area contributed by atoms with Crippen molar-refractivity contribution in [2.45, 2.75) is 167 Å². The Labute approximate surface area is 190 Å². The quantitative estimate of drug-likeness (QED) is 0.108. The smallest absolute Gasteiger partial charge is 0.305 e. The van der Waals surface area contributed by atoms with Crippen LogP contribution in [0.25, 0.3) is 0 Å². The summed E-state index contributed by atoms with van der Waals surface area (Å²) >= 11 is 0. The molecule has 0 aromatic carbocycles. The SMILES string of the molecule is CCCCCCCCCCCCCCCCCCCCCCCCCCC(=O)OC. The van der Waals surface area contributed by atoms with Gasteiger partial charge in [0, 0.05) is 6.42 Å². The molecule has 0 aromatic rings. The minimum absolute atomic E-state index is 0.0613. The van der Waals surface area contributed by atoms with Crippen molar-refractivity contribution in [2.75, 3.05) is 7.11 Å². The van der Waals surface area contributed by atoms with Crippen molar-refractivity contribution >= 4 is 5.97 Å². The first-order valence-electron chi connectivity index (χ1n) is 13.9. The van der Waals surface area contributed by atoms with Gasteiger partial charge in [-0.1, -0.05) is 155 Å². The van der Waals surface area contributed by atoms with Crippen LogP contribution in [0.1, 0.15) is 167 Å². The Balaban J connectivity index is 3.01. The van der Waals surface area contributed by atoms with Crippen molar-refractivity contribution < 1.29 is 9.53 Å². The number of hydrogen-bond acceptors (Lipinski definition) is 2. The topological polar surface area (TPSA) is 26.3 Å². The highest BCUT2D eigenvalue weighted by molar-refractivity contribution is 5.68. The van der Waals surface area contributed by atoms with Crippen LogP contribution < -0.4 is 0 Å². The first-order valence-corrected chi connectivity index (χ1v) is 13.9. The lowest BCUT2D eigenvalue weighted by atomic mass is 10.0. The Hall–Kier alpha value is -0.530. The van der Waals surface area contributed by atoms with Crippen molar-refractivity contribution in [3.63, 3.8) is 0 Å². The largest absolute Gasteiger partial charge is 0.469 e. The van der Waals surface area contributed by atoms with E-state index in [0.29, 0.717) is 6.42 Å². The first-order chi connectivity index (χ1) is 14.8. The zero-order valence-electron chi connectivity index (χ0n) is 21.0.